The summed E-state index contributed by atoms with van der Waals surface area (Å²) in [4.78, 5) is -0.195. The van der Waals surface area contributed by atoms with Crippen molar-refractivity contribution in [2.75, 3.05) is 0 Å². The SMILES string of the molecule is F.F.F.Fc1ccc(S)c(F)c1F. The van der Waals surface area contributed by atoms with E-state index < -0.39 is 17.5 Å². The van der Waals surface area contributed by atoms with Gasteiger partial charge in [0.1, 0.15) is 0 Å². The van der Waals surface area contributed by atoms with Crippen LogP contribution in [0, 0.1) is 17.5 Å². The zero-order chi connectivity index (χ0) is 7.72. The summed E-state index contributed by atoms with van der Waals surface area (Å²) >= 11 is 3.53. The second kappa shape index (κ2) is 6.64. The third kappa shape index (κ3) is 3.58. The summed E-state index contributed by atoms with van der Waals surface area (Å²) in [7, 11) is 0. The highest BCUT2D eigenvalue weighted by Gasteiger charge is 2.09. The molecule has 0 N–H and O–H groups in total. The molecule has 0 aliphatic heterocycles. The molecule has 0 nitrogen and oxygen atoms in total. The van der Waals surface area contributed by atoms with Crippen LogP contribution in [-0.2, 0) is 0 Å². The smallest absolute Gasteiger partial charge is 0.195 e. The van der Waals surface area contributed by atoms with Crippen LogP contribution in [0.1, 0.15) is 0 Å². The molecule has 1 aromatic rings. The van der Waals surface area contributed by atoms with Crippen LogP contribution in [0.5, 0.6) is 0 Å². The zero-order valence-corrected chi connectivity index (χ0v) is 6.85. The molecule has 0 atom stereocenters. The van der Waals surface area contributed by atoms with Crippen molar-refractivity contribution in [1.82, 2.24) is 0 Å². The number of benzene rings is 1. The Bertz CT molecular complexity index is 237. The van der Waals surface area contributed by atoms with Crippen molar-refractivity contribution in [2.45, 2.75) is 4.90 Å². The molecule has 1 aromatic carbocycles. The van der Waals surface area contributed by atoms with E-state index >= 15 is 0 Å². The number of halogens is 6. The van der Waals surface area contributed by atoms with Crippen LogP contribution in [0.15, 0.2) is 17.0 Å². The monoisotopic (exact) mass is 224 g/mol. The molecule has 0 unspecified atom stereocenters. The molecule has 0 aliphatic rings. The summed E-state index contributed by atoms with van der Waals surface area (Å²) in [6.07, 6.45) is 0. The summed E-state index contributed by atoms with van der Waals surface area (Å²) in [5.41, 5.74) is 0. The highest BCUT2D eigenvalue weighted by molar-refractivity contribution is 7.80. The van der Waals surface area contributed by atoms with Gasteiger partial charge in [-0.05, 0) is 12.1 Å². The van der Waals surface area contributed by atoms with Gasteiger partial charge in [-0.1, -0.05) is 0 Å². The molecule has 0 saturated carbocycles. The first-order valence-electron chi connectivity index (χ1n) is 2.45. The number of hydrogen-bond donors (Lipinski definition) is 1. The van der Waals surface area contributed by atoms with Crippen LogP contribution in [-0.4, -0.2) is 0 Å². The summed E-state index contributed by atoms with van der Waals surface area (Å²) in [5, 5.41) is 0. The molecule has 0 heterocycles. The molecule has 0 aliphatic carbocycles. The molecule has 0 aromatic heterocycles. The average molecular weight is 224 g/mol. The molecule has 7 heteroatoms. The number of rotatable bonds is 0. The maximum atomic E-state index is 12.3. The lowest BCUT2D eigenvalue weighted by atomic mass is 10.3. The largest absolute Gasteiger partial charge is 0.269 e. The lowest BCUT2D eigenvalue weighted by Crippen LogP contribution is -1.90. The van der Waals surface area contributed by atoms with Crippen LogP contribution in [0.25, 0.3) is 0 Å². The highest BCUT2D eigenvalue weighted by atomic mass is 32.1. The molecule has 13 heavy (non-hydrogen) atoms. The molecule has 0 bridgehead atoms. The van der Waals surface area contributed by atoms with Crippen molar-refractivity contribution in [3.8, 4) is 0 Å². The van der Waals surface area contributed by atoms with E-state index in [1.54, 1.807) is 0 Å². The average Bonchev–Trinajstić information content (AvgIpc) is 1.93. The van der Waals surface area contributed by atoms with E-state index in [0.29, 0.717) is 0 Å². The minimum Gasteiger partial charge on any atom is -0.269 e. The van der Waals surface area contributed by atoms with Gasteiger partial charge in [0.05, 0.1) is 0 Å². The van der Waals surface area contributed by atoms with E-state index in [1.165, 1.54) is 0 Å². The fourth-order valence-electron chi connectivity index (χ4n) is 0.516. The molecule has 78 valence electrons. The van der Waals surface area contributed by atoms with E-state index in [9.17, 15) is 13.2 Å². The van der Waals surface area contributed by atoms with Gasteiger partial charge in [0.25, 0.3) is 0 Å². The Morgan fingerprint density at radius 1 is 0.846 bits per heavy atom. The Kier molecular flexibility index (Phi) is 9.22. The standard InChI is InChI=1S/C6H3F3S.3FH/c7-3-1-2-4(10)6(9)5(3)8;;;/h1-2,10H;3*1H. The maximum Gasteiger partial charge on any atom is 0.195 e. The van der Waals surface area contributed by atoms with Crippen LogP contribution in [0.2, 0.25) is 0 Å². The zero-order valence-electron chi connectivity index (χ0n) is 5.96. The van der Waals surface area contributed by atoms with Crippen molar-refractivity contribution in [2.24, 2.45) is 0 Å². The fourth-order valence-corrected chi connectivity index (χ4v) is 0.688. The van der Waals surface area contributed by atoms with Gasteiger partial charge in [0.15, 0.2) is 17.5 Å². The van der Waals surface area contributed by atoms with Gasteiger partial charge in [-0.15, -0.1) is 12.6 Å². The van der Waals surface area contributed by atoms with Gasteiger partial charge < -0.3 is 0 Å². The Balaban J connectivity index is -0.000000333. The molecule has 0 amide bonds. The fraction of sp³-hybridized carbons (Fsp3) is 0. The summed E-state index contributed by atoms with van der Waals surface area (Å²) in [5.74, 6) is -3.92. The second-order valence-corrected chi connectivity index (χ2v) is 2.18. The lowest BCUT2D eigenvalue weighted by Gasteiger charge is -1.95. The van der Waals surface area contributed by atoms with Gasteiger partial charge in [0.2, 0.25) is 0 Å². The Morgan fingerprint density at radius 2 is 1.31 bits per heavy atom. The third-order valence-electron chi connectivity index (χ3n) is 1.01. The van der Waals surface area contributed by atoms with Crippen LogP contribution < -0.4 is 0 Å². The van der Waals surface area contributed by atoms with Crippen LogP contribution in [0.3, 0.4) is 0 Å². The summed E-state index contributed by atoms with van der Waals surface area (Å²) < 4.78 is 36.6. The molecule has 0 spiro atoms. The normalized spacial score (nSPS) is 7.69. The Morgan fingerprint density at radius 3 is 1.69 bits per heavy atom. The van der Waals surface area contributed by atoms with Crippen molar-refractivity contribution < 1.29 is 27.3 Å². The van der Waals surface area contributed by atoms with E-state index in [4.69, 9.17) is 0 Å². The van der Waals surface area contributed by atoms with Gasteiger partial charge in [0, 0.05) is 4.90 Å². The van der Waals surface area contributed by atoms with Gasteiger partial charge in [-0.2, -0.15) is 0 Å². The van der Waals surface area contributed by atoms with E-state index in [1.807, 2.05) is 0 Å². The topological polar surface area (TPSA) is 0 Å². The predicted octanol–water partition coefficient (Wildman–Crippen LogP) is 2.85. The second-order valence-electron chi connectivity index (χ2n) is 1.69. The van der Waals surface area contributed by atoms with Gasteiger partial charge >= 0.3 is 0 Å². The van der Waals surface area contributed by atoms with Gasteiger partial charge in [-0.25, -0.2) is 13.2 Å². The van der Waals surface area contributed by atoms with Crippen molar-refractivity contribution >= 4 is 12.6 Å². The first-order chi connectivity index (χ1) is 4.63. The first kappa shape index (κ1) is 18.0. The molecular weight excluding hydrogens is 218 g/mol. The van der Waals surface area contributed by atoms with Crippen molar-refractivity contribution in [3.63, 3.8) is 0 Å². The Hall–Kier alpha value is -0.850. The number of hydrogen-bond acceptors (Lipinski definition) is 1. The molecular formula is C6H6F6S. The first-order valence-corrected chi connectivity index (χ1v) is 2.90. The van der Waals surface area contributed by atoms with E-state index in [2.05, 4.69) is 12.6 Å². The van der Waals surface area contributed by atoms with Crippen molar-refractivity contribution in [3.05, 3.63) is 29.6 Å². The quantitative estimate of drug-likeness (QED) is 0.391. The Labute approximate surface area is 75.3 Å². The molecule has 1 rings (SSSR count). The number of thiol groups is 1. The lowest BCUT2D eigenvalue weighted by molar-refractivity contribution is 0.435. The minimum atomic E-state index is -1.48. The van der Waals surface area contributed by atoms with Crippen LogP contribution >= 0.6 is 12.6 Å². The molecule has 0 saturated heterocycles. The predicted molar refractivity (Wildman–Crippen MR) is 41.1 cm³/mol. The molecule has 0 radical (unpaired) electrons. The summed E-state index contributed by atoms with van der Waals surface area (Å²) in [6.45, 7) is 0. The van der Waals surface area contributed by atoms with Gasteiger partial charge in [-0.3, -0.25) is 14.1 Å². The minimum absolute atomic E-state index is 0. The van der Waals surface area contributed by atoms with E-state index in [0.717, 1.165) is 12.1 Å². The van der Waals surface area contributed by atoms with Crippen molar-refractivity contribution in [1.29, 1.82) is 0 Å². The molecule has 0 fully saturated rings. The summed E-state index contributed by atoms with van der Waals surface area (Å²) in [6, 6.07) is 1.87. The van der Waals surface area contributed by atoms with E-state index in [-0.39, 0.29) is 19.0 Å². The maximum absolute atomic E-state index is 12.3. The highest BCUT2D eigenvalue weighted by Crippen LogP contribution is 2.17. The third-order valence-corrected chi connectivity index (χ3v) is 1.36. The van der Waals surface area contributed by atoms with Crippen LogP contribution in [0.4, 0.5) is 27.3 Å².